The fourth-order valence-electron chi connectivity index (χ4n) is 2.21. The van der Waals surface area contributed by atoms with E-state index in [1.54, 1.807) is 18.2 Å². The van der Waals surface area contributed by atoms with Crippen LogP contribution in [0.4, 0.5) is 5.69 Å². The lowest BCUT2D eigenvalue weighted by Gasteiger charge is -2.14. The van der Waals surface area contributed by atoms with Crippen molar-refractivity contribution in [3.63, 3.8) is 0 Å². The smallest absolute Gasteiger partial charge is 0.337 e. The van der Waals surface area contributed by atoms with Crippen LogP contribution >= 0.6 is 15.9 Å². The van der Waals surface area contributed by atoms with Crippen LogP contribution in [0.15, 0.2) is 45.8 Å². The van der Waals surface area contributed by atoms with Gasteiger partial charge in [-0.3, -0.25) is 4.72 Å². The van der Waals surface area contributed by atoms with Crippen molar-refractivity contribution in [2.45, 2.75) is 18.2 Å². The van der Waals surface area contributed by atoms with Crippen molar-refractivity contribution in [2.24, 2.45) is 0 Å². The first-order valence-electron chi connectivity index (χ1n) is 7.26. The molecule has 0 aliphatic carbocycles. The Morgan fingerprint density at radius 2 is 2.00 bits per heavy atom. The molecule has 0 radical (unpaired) electrons. The molecule has 0 aliphatic heterocycles. The molecular formula is C17H15BrN2O4S. The van der Waals surface area contributed by atoms with Gasteiger partial charge in [0, 0.05) is 4.47 Å². The van der Waals surface area contributed by atoms with Crippen LogP contribution in [0.2, 0.25) is 0 Å². The zero-order valence-electron chi connectivity index (χ0n) is 13.5. The third-order valence-corrected chi connectivity index (χ3v) is 5.64. The molecule has 0 saturated carbocycles. The van der Waals surface area contributed by atoms with Gasteiger partial charge in [0.25, 0.3) is 10.0 Å². The second-order valence-electron chi connectivity index (χ2n) is 5.08. The highest BCUT2D eigenvalue weighted by Crippen LogP contribution is 2.28. The van der Waals surface area contributed by atoms with Crippen molar-refractivity contribution >= 4 is 37.6 Å². The van der Waals surface area contributed by atoms with E-state index in [1.807, 2.05) is 13.0 Å². The summed E-state index contributed by atoms with van der Waals surface area (Å²) in [5.41, 5.74) is 1.27. The number of carbonyl (C=O) groups excluding carboxylic acids is 1. The lowest BCUT2D eigenvalue weighted by atomic mass is 10.1. The van der Waals surface area contributed by atoms with E-state index < -0.39 is 16.0 Å². The molecule has 0 aromatic heterocycles. The number of hydrogen-bond acceptors (Lipinski definition) is 5. The number of nitrogens with one attached hydrogen (secondary N) is 1. The van der Waals surface area contributed by atoms with Gasteiger partial charge < -0.3 is 4.74 Å². The molecule has 0 aliphatic rings. The molecule has 2 aromatic rings. The van der Waals surface area contributed by atoms with E-state index in [0.717, 1.165) is 0 Å². The molecule has 25 heavy (non-hydrogen) atoms. The Kier molecular flexibility index (Phi) is 5.82. The van der Waals surface area contributed by atoms with Crippen LogP contribution in [0.3, 0.4) is 0 Å². The number of carbonyl (C=O) groups is 1. The predicted molar refractivity (Wildman–Crippen MR) is 96.8 cm³/mol. The first-order valence-corrected chi connectivity index (χ1v) is 9.53. The molecule has 2 aromatic carbocycles. The molecule has 0 heterocycles. The zero-order chi connectivity index (χ0) is 18.6. The first kappa shape index (κ1) is 19.0. The largest absolute Gasteiger partial charge is 0.465 e. The van der Waals surface area contributed by atoms with Gasteiger partial charge in [0.15, 0.2) is 0 Å². The van der Waals surface area contributed by atoms with E-state index in [2.05, 4.69) is 25.4 Å². The monoisotopic (exact) mass is 422 g/mol. The third kappa shape index (κ3) is 4.18. The van der Waals surface area contributed by atoms with Crippen molar-refractivity contribution in [2.75, 3.05) is 11.8 Å². The Hall–Kier alpha value is -2.37. The Morgan fingerprint density at radius 3 is 2.60 bits per heavy atom. The predicted octanol–water partition coefficient (Wildman–Crippen LogP) is 3.47. The first-order chi connectivity index (χ1) is 11.8. The van der Waals surface area contributed by atoms with Crippen LogP contribution in [0.5, 0.6) is 0 Å². The summed E-state index contributed by atoms with van der Waals surface area (Å²) in [6.45, 7) is 1.82. The molecule has 0 fully saturated rings. The highest BCUT2D eigenvalue weighted by Gasteiger charge is 2.21. The fourth-order valence-corrected chi connectivity index (χ4v) is 4.10. The second-order valence-corrected chi connectivity index (χ2v) is 7.58. The van der Waals surface area contributed by atoms with Crippen molar-refractivity contribution in [1.29, 1.82) is 5.26 Å². The van der Waals surface area contributed by atoms with Crippen molar-refractivity contribution in [3.05, 3.63) is 57.6 Å². The number of benzene rings is 2. The van der Waals surface area contributed by atoms with E-state index >= 15 is 0 Å². The number of nitrogens with zero attached hydrogens (tertiary/aromatic N) is 1. The van der Waals surface area contributed by atoms with Gasteiger partial charge in [-0.05, 0) is 58.2 Å². The number of nitriles is 1. The maximum Gasteiger partial charge on any atom is 0.337 e. The van der Waals surface area contributed by atoms with Crippen molar-refractivity contribution in [3.8, 4) is 6.07 Å². The van der Waals surface area contributed by atoms with Crippen LogP contribution in [0, 0.1) is 11.3 Å². The average molecular weight is 423 g/mol. The number of ether oxygens (including phenoxy) is 1. The number of esters is 1. The van der Waals surface area contributed by atoms with Crippen molar-refractivity contribution in [1.82, 2.24) is 0 Å². The molecule has 0 bridgehead atoms. The fraction of sp³-hybridized carbons (Fsp3) is 0.176. The van der Waals surface area contributed by atoms with E-state index in [9.17, 15) is 13.2 Å². The van der Waals surface area contributed by atoms with Gasteiger partial charge >= 0.3 is 5.97 Å². The van der Waals surface area contributed by atoms with Crippen LogP contribution < -0.4 is 4.72 Å². The number of halogens is 1. The molecule has 0 amide bonds. The number of sulfonamides is 1. The van der Waals surface area contributed by atoms with Gasteiger partial charge in [0.05, 0.1) is 34.9 Å². The molecule has 130 valence electrons. The van der Waals surface area contributed by atoms with Gasteiger partial charge in [-0.25, -0.2) is 13.2 Å². The Bertz CT molecular complexity index is 965. The molecule has 1 N–H and O–H groups in total. The standard InChI is InChI=1S/C17H15BrN2O4S/c1-3-12-5-6-13(17(21)24-2)9-16(12)25(22,23)20-15-8-11(10-19)4-7-14(15)18/h4-9,20H,3H2,1-2H3. The third-order valence-electron chi connectivity index (χ3n) is 3.50. The number of aryl methyl sites for hydroxylation is 1. The number of methoxy groups -OCH3 is 1. The Morgan fingerprint density at radius 1 is 1.28 bits per heavy atom. The summed E-state index contributed by atoms with van der Waals surface area (Å²) in [7, 11) is -2.74. The van der Waals surface area contributed by atoms with Gasteiger partial charge in [0.2, 0.25) is 0 Å². The van der Waals surface area contributed by atoms with Crippen LogP contribution in [-0.4, -0.2) is 21.5 Å². The number of rotatable bonds is 5. The average Bonchev–Trinajstić information content (AvgIpc) is 2.62. The molecule has 6 nitrogen and oxygen atoms in total. The van der Waals surface area contributed by atoms with Gasteiger partial charge in [0.1, 0.15) is 0 Å². The molecule has 8 heteroatoms. The number of anilines is 1. The summed E-state index contributed by atoms with van der Waals surface area (Å²) in [4.78, 5) is 11.7. The van der Waals surface area contributed by atoms with Gasteiger partial charge in [-0.2, -0.15) is 5.26 Å². The molecular weight excluding hydrogens is 408 g/mol. The minimum Gasteiger partial charge on any atom is -0.465 e. The molecule has 0 saturated heterocycles. The van der Waals surface area contributed by atoms with Gasteiger partial charge in [-0.1, -0.05) is 13.0 Å². The van der Waals surface area contributed by atoms with E-state index in [1.165, 1.54) is 25.3 Å². The maximum atomic E-state index is 12.8. The maximum absolute atomic E-state index is 12.8. The molecule has 0 spiro atoms. The van der Waals surface area contributed by atoms with Gasteiger partial charge in [-0.15, -0.1) is 0 Å². The highest BCUT2D eigenvalue weighted by molar-refractivity contribution is 9.10. The van der Waals surface area contributed by atoms with E-state index in [4.69, 9.17) is 5.26 Å². The summed E-state index contributed by atoms with van der Waals surface area (Å²) >= 11 is 3.26. The molecule has 2 rings (SSSR count). The lowest BCUT2D eigenvalue weighted by Crippen LogP contribution is -2.16. The molecule has 0 atom stereocenters. The minimum absolute atomic E-state index is 0.00726. The summed E-state index contributed by atoms with van der Waals surface area (Å²) < 4.78 is 33.3. The SMILES string of the molecule is CCc1ccc(C(=O)OC)cc1S(=O)(=O)Nc1cc(C#N)ccc1Br. The zero-order valence-corrected chi connectivity index (χ0v) is 15.9. The summed E-state index contributed by atoms with van der Waals surface area (Å²) in [5.74, 6) is -0.619. The molecule has 0 unspecified atom stereocenters. The van der Waals surface area contributed by atoms with E-state index in [-0.39, 0.29) is 16.1 Å². The lowest BCUT2D eigenvalue weighted by molar-refractivity contribution is 0.0600. The second kappa shape index (κ2) is 7.68. The topological polar surface area (TPSA) is 96.3 Å². The Balaban J connectivity index is 2.53. The van der Waals surface area contributed by atoms with E-state index in [0.29, 0.717) is 22.0 Å². The van der Waals surface area contributed by atoms with Crippen molar-refractivity contribution < 1.29 is 17.9 Å². The summed E-state index contributed by atoms with van der Waals surface area (Å²) in [6.07, 6.45) is 0.469. The summed E-state index contributed by atoms with van der Waals surface area (Å²) in [6, 6.07) is 10.9. The normalized spacial score (nSPS) is 10.8. The minimum atomic E-state index is -3.96. The number of hydrogen-bond donors (Lipinski definition) is 1. The van der Waals surface area contributed by atoms with Crippen LogP contribution in [0.1, 0.15) is 28.4 Å². The summed E-state index contributed by atoms with van der Waals surface area (Å²) in [5, 5.41) is 8.98. The Labute approximate surface area is 154 Å². The highest BCUT2D eigenvalue weighted by atomic mass is 79.9. The van der Waals surface area contributed by atoms with Crippen LogP contribution in [0.25, 0.3) is 0 Å². The quantitative estimate of drug-likeness (QED) is 0.743. The van der Waals surface area contributed by atoms with Crippen LogP contribution in [-0.2, 0) is 21.2 Å².